The molecule has 1 aromatic heterocycles. The number of piperidine rings is 1. The molecule has 1 N–H and O–H groups in total. The number of nitrogens with one attached hydrogen (secondary N) is 1. The average molecular weight is 435 g/mol. The van der Waals surface area contributed by atoms with E-state index in [4.69, 9.17) is 14.0 Å². The Bertz CT molecular complexity index is 1120. The van der Waals surface area contributed by atoms with E-state index in [0.29, 0.717) is 41.5 Å². The topological polar surface area (TPSA) is 93.9 Å². The van der Waals surface area contributed by atoms with E-state index in [9.17, 15) is 9.59 Å². The summed E-state index contributed by atoms with van der Waals surface area (Å²) in [6.07, 6.45) is 2.57. The van der Waals surface area contributed by atoms with Crippen molar-refractivity contribution in [2.24, 2.45) is 0 Å². The van der Waals surface area contributed by atoms with Gasteiger partial charge in [0, 0.05) is 31.3 Å². The zero-order valence-electron chi connectivity index (χ0n) is 18.1. The Morgan fingerprint density at radius 2 is 2.00 bits per heavy atom. The van der Waals surface area contributed by atoms with Gasteiger partial charge >= 0.3 is 0 Å². The van der Waals surface area contributed by atoms with Gasteiger partial charge in [0.1, 0.15) is 11.5 Å². The van der Waals surface area contributed by atoms with E-state index in [0.717, 1.165) is 24.9 Å². The molecule has 0 bridgehead atoms. The highest BCUT2D eigenvalue weighted by Crippen LogP contribution is 2.33. The molecular formula is C24H25N3O5. The van der Waals surface area contributed by atoms with Crippen LogP contribution in [0, 0.1) is 0 Å². The van der Waals surface area contributed by atoms with Gasteiger partial charge in [0.05, 0.1) is 19.8 Å². The molecule has 0 radical (unpaired) electrons. The fourth-order valence-corrected chi connectivity index (χ4v) is 3.71. The largest absolute Gasteiger partial charge is 0.497 e. The van der Waals surface area contributed by atoms with Gasteiger partial charge in [0.2, 0.25) is 5.91 Å². The molecule has 3 aromatic rings. The Balaban J connectivity index is 1.47. The van der Waals surface area contributed by atoms with Crippen LogP contribution >= 0.6 is 0 Å². The zero-order valence-corrected chi connectivity index (χ0v) is 18.1. The number of hydrogen-bond acceptors (Lipinski definition) is 6. The van der Waals surface area contributed by atoms with Crippen molar-refractivity contribution >= 4 is 17.5 Å². The standard InChI is InChI=1S/C24H25N3O5/c1-30-18-9-10-21(31-2)19(13-18)22-14-20(26-32-22)24(29)25-17-7-5-6-16(12-17)15-27-11-4-3-8-23(27)28/h5-7,9-10,12-14H,3-4,8,11,15H2,1-2H3,(H,25,29). The highest BCUT2D eigenvalue weighted by Gasteiger charge is 2.19. The Hall–Kier alpha value is -3.81. The number of benzene rings is 2. The summed E-state index contributed by atoms with van der Waals surface area (Å²) >= 11 is 0. The molecule has 4 rings (SSSR count). The van der Waals surface area contributed by atoms with E-state index in [2.05, 4.69) is 10.5 Å². The summed E-state index contributed by atoms with van der Waals surface area (Å²) in [6.45, 7) is 1.30. The first-order valence-corrected chi connectivity index (χ1v) is 10.4. The van der Waals surface area contributed by atoms with Crippen LogP contribution < -0.4 is 14.8 Å². The highest BCUT2D eigenvalue weighted by molar-refractivity contribution is 6.03. The van der Waals surface area contributed by atoms with Crippen LogP contribution in [0.4, 0.5) is 5.69 Å². The molecule has 0 spiro atoms. The molecule has 0 atom stereocenters. The van der Waals surface area contributed by atoms with Crippen LogP contribution in [0.1, 0.15) is 35.3 Å². The van der Waals surface area contributed by atoms with Crippen molar-refractivity contribution in [3.63, 3.8) is 0 Å². The first-order chi connectivity index (χ1) is 15.6. The summed E-state index contributed by atoms with van der Waals surface area (Å²) in [5, 5.41) is 6.75. The van der Waals surface area contributed by atoms with E-state index in [1.165, 1.54) is 0 Å². The second kappa shape index (κ2) is 9.55. The lowest BCUT2D eigenvalue weighted by Gasteiger charge is -2.26. The molecule has 8 nitrogen and oxygen atoms in total. The number of amides is 2. The number of rotatable bonds is 7. The third kappa shape index (κ3) is 4.74. The van der Waals surface area contributed by atoms with Gasteiger partial charge in [-0.2, -0.15) is 0 Å². The number of nitrogens with zero attached hydrogens (tertiary/aromatic N) is 2. The van der Waals surface area contributed by atoms with E-state index >= 15 is 0 Å². The predicted molar refractivity (Wildman–Crippen MR) is 119 cm³/mol. The van der Waals surface area contributed by atoms with Crippen molar-refractivity contribution in [3.8, 4) is 22.8 Å². The smallest absolute Gasteiger partial charge is 0.277 e. The highest BCUT2D eigenvalue weighted by atomic mass is 16.5. The van der Waals surface area contributed by atoms with Crippen molar-refractivity contribution in [2.45, 2.75) is 25.8 Å². The number of likely N-dealkylation sites (tertiary alicyclic amines) is 1. The molecule has 166 valence electrons. The molecule has 8 heteroatoms. The van der Waals surface area contributed by atoms with Crippen LogP contribution in [0.3, 0.4) is 0 Å². The van der Waals surface area contributed by atoms with Crippen LogP contribution in [0.15, 0.2) is 53.1 Å². The van der Waals surface area contributed by atoms with Crippen LogP contribution in [-0.4, -0.2) is 42.6 Å². The predicted octanol–water partition coefficient (Wildman–Crippen LogP) is 4.12. The van der Waals surface area contributed by atoms with Gasteiger partial charge in [-0.3, -0.25) is 9.59 Å². The molecule has 2 aromatic carbocycles. The lowest BCUT2D eigenvalue weighted by Crippen LogP contribution is -2.34. The summed E-state index contributed by atoms with van der Waals surface area (Å²) in [5.41, 5.74) is 2.36. The molecule has 2 heterocycles. The minimum absolute atomic E-state index is 0.140. The van der Waals surface area contributed by atoms with Gasteiger partial charge in [-0.05, 0) is 48.7 Å². The summed E-state index contributed by atoms with van der Waals surface area (Å²) in [7, 11) is 3.12. The molecule has 0 saturated carbocycles. The van der Waals surface area contributed by atoms with Gasteiger partial charge in [0.25, 0.3) is 5.91 Å². The number of carbonyl (C=O) groups is 2. The number of ether oxygens (including phenoxy) is 2. The van der Waals surface area contributed by atoms with Crippen LogP contribution in [0.25, 0.3) is 11.3 Å². The summed E-state index contributed by atoms with van der Waals surface area (Å²) in [5.74, 6) is 1.38. The third-order valence-electron chi connectivity index (χ3n) is 5.39. The fraction of sp³-hybridized carbons (Fsp3) is 0.292. The summed E-state index contributed by atoms with van der Waals surface area (Å²) in [4.78, 5) is 26.7. The maximum Gasteiger partial charge on any atom is 0.277 e. The maximum absolute atomic E-state index is 12.7. The summed E-state index contributed by atoms with van der Waals surface area (Å²) < 4.78 is 16.0. The molecule has 0 aliphatic carbocycles. The molecule has 0 unspecified atom stereocenters. The SMILES string of the molecule is COc1ccc(OC)c(-c2cc(C(=O)Nc3cccc(CN4CCCCC4=O)c3)no2)c1. The second-order valence-corrected chi connectivity index (χ2v) is 7.57. The number of carbonyl (C=O) groups excluding carboxylic acids is 2. The van der Waals surface area contributed by atoms with Gasteiger partial charge in [-0.15, -0.1) is 0 Å². The van der Waals surface area contributed by atoms with E-state index in [1.54, 1.807) is 44.6 Å². The lowest BCUT2D eigenvalue weighted by atomic mass is 10.1. The molecule has 2 amide bonds. The van der Waals surface area contributed by atoms with Crippen molar-refractivity contribution in [2.75, 3.05) is 26.1 Å². The van der Waals surface area contributed by atoms with Crippen LogP contribution in [0.2, 0.25) is 0 Å². The third-order valence-corrected chi connectivity index (χ3v) is 5.39. The second-order valence-electron chi connectivity index (χ2n) is 7.57. The van der Waals surface area contributed by atoms with E-state index in [1.807, 2.05) is 23.1 Å². The molecule has 1 saturated heterocycles. The Kier molecular flexibility index (Phi) is 6.39. The van der Waals surface area contributed by atoms with Gasteiger partial charge < -0.3 is 24.2 Å². The minimum atomic E-state index is -0.395. The fourth-order valence-electron chi connectivity index (χ4n) is 3.71. The maximum atomic E-state index is 12.7. The van der Waals surface area contributed by atoms with Gasteiger partial charge in [-0.1, -0.05) is 17.3 Å². The number of hydrogen-bond donors (Lipinski definition) is 1. The minimum Gasteiger partial charge on any atom is -0.497 e. The molecule has 1 fully saturated rings. The van der Waals surface area contributed by atoms with Crippen molar-refractivity contribution in [1.82, 2.24) is 10.1 Å². The Morgan fingerprint density at radius 1 is 1.12 bits per heavy atom. The van der Waals surface area contributed by atoms with E-state index in [-0.39, 0.29) is 11.6 Å². The first-order valence-electron chi connectivity index (χ1n) is 10.4. The summed E-state index contributed by atoms with van der Waals surface area (Å²) in [6, 6.07) is 14.3. The monoisotopic (exact) mass is 435 g/mol. The van der Waals surface area contributed by atoms with Crippen molar-refractivity contribution in [3.05, 3.63) is 59.8 Å². The molecule has 1 aliphatic rings. The quantitative estimate of drug-likeness (QED) is 0.600. The Morgan fingerprint density at radius 3 is 2.78 bits per heavy atom. The lowest BCUT2D eigenvalue weighted by molar-refractivity contribution is -0.133. The molecule has 1 aliphatic heterocycles. The van der Waals surface area contributed by atoms with Gasteiger partial charge in [-0.25, -0.2) is 0 Å². The average Bonchev–Trinajstić information content (AvgIpc) is 3.31. The van der Waals surface area contributed by atoms with Gasteiger partial charge in [0.15, 0.2) is 11.5 Å². The molecule has 32 heavy (non-hydrogen) atoms. The number of anilines is 1. The zero-order chi connectivity index (χ0) is 22.5. The van der Waals surface area contributed by atoms with E-state index < -0.39 is 5.91 Å². The normalized spacial score (nSPS) is 13.7. The van der Waals surface area contributed by atoms with Crippen LogP contribution in [-0.2, 0) is 11.3 Å². The van der Waals surface area contributed by atoms with Crippen molar-refractivity contribution in [1.29, 1.82) is 0 Å². The number of aromatic nitrogens is 1. The van der Waals surface area contributed by atoms with Crippen LogP contribution in [0.5, 0.6) is 11.5 Å². The number of methoxy groups -OCH3 is 2. The molecular weight excluding hydrogens is 410 g/mol. The Labute approximate surface area is 186 Å². The first kappa shape index (κ1) is 21.4. The van der Waals surface area contributed by atoms with Crippen molar-refractivity contribution < 1.29 is 23.6 Å².